The molecular weight excluding hydrogens is 367 g/mol. The average molecular weight is 381 g/mol. The van der Waals surface area contributed by atoms with E-state index in [0.717, 1.165) is 27.9 Å². The number of alkyl halides is 1. The Morgan fingerprint density at radius 1 is 1.23 bits per heavy atom. The molecule has 3 rings (SSSR count). The Labute approximate surface area is 149 Å². The zero-order chi connectivity index (χ0) is 19.0. The number of aromatic nitrogens is 2. The number of aryl methyl sites for hydroxylation is 2. The summed E-state index contributed by atoms with van der Waals surface area (Å²) >= 11 is 1.12. The van der Waals surface area contributed by atoms with Crippen molar-refractivity contribution in [2.75, 3.05) is 6.67 Å². The molecule has 26 heavy (non-hydrogen) atoms. The molecule has 136 valence electrons. The lowest BCUT2D eigenvalue weighted by molar-refractivity contribution is 0.0994. The number of fused-ring (bicyclic) bond motifs is 1. The van der Waals surface area contributed by atoms with Crippen LogP contribution in [0, 0.1) is 18.6 Å². The van der Waals surface area contributed by atoms with E-state index in [0.29, 0.717) is 21.7 Å². The van der Waals surface area contributed by atoms with E-state index >= 15 is 0 Å². The monoisotopic (exact) mass is 381 g/mol. The predicted molar refractivity (Wildman–Crippen MR) is 91.4 cm³/mol. The van der Waals surface area contributed by atoms with Crippen molar-refractivity contribution >= 4 is 22.2 Å². The first kappa shape index (κ1) is 18.1. The van der Waals surface area contributed by atoms with Gasteiger partial charge in [0.1, 0.15) is 5.69 Å². The normalized spacial score (nSPS) is 11.2. The lowest BCUT2D eigenvalue weighted by Crippen LogP contribution is -2.23. The molecule has 3 aromatic rings. The third-order valence-electron chi connectivity index (χ3n) is 3.95. The Morgan fingerprint density at radius 2 is 1.88 bits per heavy atom. The highest BCUT2D eigenvalue weighted by Crippen LogP contribution is 2.22. The highest BCUT2D eigenvalue weighted by Gasteiger charge is 2.18. The fourth-order valence-corrected chi connectivity index (χ4v) is 3.82. The van der Waals surface area contributed by atoms with Gasteiger partial charge in [0, 0.05) is 23.8 Å². The van der Waals surface area contributed by atoms with Gasteiger partial charge in [-0.1, -0.05) is 0 Å². The fraction of sp³-hybridized carbons (Fsp3) is 0.235. The second-order valence-corrected chi connectivity index (χ2v) is 6.91. The van der Waals surface area contributed by atoms with Gasteiger partial charge >= 0.3 is 0 Å². The van der Waals surface area contributed by atoms with Crippen molar-refractivity contribution in [2.24, 2.45) is 5.73 Å². The van der Waals surface area contributed by atoms with Crippen LogP contribution in [0.25, 0.3) is 4.96 Å². The molecule has 0 radical (unpaired) electrons. The minimum Gasteiger partial charge on any atom is -0.364 e. The molecule has 0 aliphatic rings. The van der Waals surface area contributed by atoms with Crippen molar-refractivity contribution in [2.45, 2.75) is 19.8 Å². The van der Waals surface area contributed by atoms with Crippen molar-refractivity contribution in [1.29, 1.82) is 0 Å². The number of halogens is 3. The summed E-state index contributed by atoms with van der Waals surface area (Å²) < 4.78 is 40.8. The number of primary amides is 1. The van der Waals surface area contributed by atoms with Gasteiger partial charge in [-0.3, -0.25) is 14.0 Å². The van der Waals surface area contributed by atoms with Gasteiger partial charge in [0.15, 0.2) is 16.6 Å². The number of amides is 1. The molecular formula is C17H14F3N3O2S. The van der Waals surface area contributed by atoms with Gasteiger partial charge in [0.25, 0.3) is 11.5 Å². The largest absolute Gasteiger partial charge is 0.364 e. The molecule has 5 nitrogen and oxygen atoms in total. The van der Waals surface area contributed by atoms with Crippen LogP contribution >= 0.6 is 11.3 Å². The fourth-order valence-electron chi connectivity index (χ4n) is 2.82. The first-order chi connectivity index (χ1) is 12.3. The number of thiazole rings is 1. The SMILES string of the molecule is Cc1sc2nc(Cc3cc(F)c(F)cc3CCF)cc(=O)n2c1C(N)=O. The van der Waals surface area contributed by atoms with Crippen LogP contribution < -0.4 is 11.3 Å². The van der Waals surface area contributed by atoms with Crippen LogP contribution in [0.15, 0.2) is 23.0 Å². The maximum Gasteiger partial charge on any atom is 0.266 e. The second-order valence-electron chi connectivity index (χ2n) is 5.73. The maximum atomic E-state index is 13.6. The summed E-state index contributed by atoms with van der Waals surface area (Å²) in [5, 5.41) is 0. The molecule has 0 atom stereocenters. The third kappa shape index (κ3) is 3.22. The van der Waals surface area contributed by atoms with Crippen molar-refractivity contribution in [3.05, 3.63) is 67.6 Å². The molecule has 2 N–H and O–H groups in total. The Morgan fingerprint density at radius 3 is 2.50 bits per heavy atom. The molecule has 0 spiro atoms. The molecule has 0 unspecified atom stereocenters. The number of hydrogen-bond donors (Lipinski definition) is 1. The van der Waals surface area contributed by atoms with Gasteiger partial charge in [0.2, 0.25) is 0 Å². The summed E-state index contributed by atoms with van der Waals surface area (Å²) in [6, 6.07) is 3.14. The number of hydrogen-bond acceptors (Lipinski definition) is 4. The van der Waals surface area contributed by atoms with E-state index in [9.17, 15) is 22.8 Å². The van der Waals surface area contributed by atoms with Crippen LogP contribution in [0.3, 0.4) is 0 Å². The van der Waals surface area contributed by atoms with Gasteiger partial charge < -0.3 is 5.73 Å². The molecule has 0 aliphatic heterocycles. The smallest absolute Gasteiger partial charge is 0.266 e. The van der Waals surface area contributed by atoms with E-state index in [1.807, 2.05) is 0 Å². The molecule has 2 heterocycles. The molecule has 9 heteroatoms. The molecule has 0 saturated heterocycles. The summed E-state index contributed by atoms with van der Waals surface area (Å²) in [6.07, 6.45) is -0.0428. The number of nitrogens with zero attached hydrogens (tertiary/aromatic N) is 2. The summed E-state index contributed by atoms with van der Waals surface area (Å²) in [6.45, 7) is 0.923. The van der Waals surface area contributed by atoms with E-state index in [1.54, 1.807) is 6.92 Å². The standard InChI is InChI=1S/C17H14F3N3O2S/c1-8-15(16(21)25)23-14(24)7-11(22-17(23)26-8)4-10-6-13(20)12(19)5-9(10)2-3-18/h5-7H,2-4H2,1H3,(H2,21,25). The second kappa shape index (κ2) is 6.91. The first-order valence-corrected chi connectivity index (χ1v) is 8.48. The van der Waals surface area contributed by atoms with Gasteiger partial charge in [-0.2, -0.15) is 0 Å². The van der Waals surface area contributed by atoms with Crippen molar-refractivity contribution in [3.8, 4) is 0 Å². The van der Waals surface area contributed by atoms with Crippen LogP contribution in [-0.2, 0) is 12.8 Å². The molecule has 0 bridgehead atoms. The number of benzene rings is 1. The van der Waals surface area contributed by atoms with Crippen molar-refractivity contribution < 1.29 is 18.0 Å². The first-order valence-electron chi connectivity index (χ1n) is 7.66. The third-order valence-corrected chi connectivity index (χ3v) is 4.91. The van der Waals surface area contributed by atoms with Crippen LogP contribution in [0.5, 0.6) is 0 Å². The number of rotatable bonds is 5. The molecule has 0 saturated carbocycles. The Kier molecular flexibility index (Phi) is 4.82. The van der Waals surface area contributed by atoms with Gasteiger partial charge in [-0.05, 0) is 30.2 Å². The summed E-state index contributed by atoms with van der Waals surface area (Å²) in [5.74, 6) is -2.85. The highest BCUT2D eigenvalue weighted by atomic mass is 32.1. The molecule has 0 aliphatic carbocycles. The molecule has 2 aromatic heterocycles. The van der Waals surface area contributed by atoms with E-state index in [2.05, 4.69) is 4.98 Å². The van der Waals surface area contributed by atoms with Gasteiger partial charge in [0.05, 0.1) is 12.4 Å². The summed E-state index contributed by atoms with van der Waals surface area (Å²) in [7, 11) is 0. The van der Waals surface area contributed by atoms with Crippen LogP contribution in [-0.4, -0.2) is 22.0 Å². The highest BCUT2D eigenvalue weighted by molar-refractivity contribution is 7.17. The van der Waals surface area contributed by atoms with E-state index in [4.69, 9.17) is 5.73 Å². The Balaban J connectivity index is 2.10. The number of carbonyl (C=O) groups is 1. The maximum absolute atomic E-state index is 13.6. The summed E-state index contributed by atoms with van der Waals surface area (Å²) in [5.41, 5.74) is 5.84. The minimum atomic E-state index is -1.05. The average Bonchev–Trinajstić information content (AvgIpc) is 2.89. The van der Waals surface area contributed by atoms with Crippen molar-refractivity contribution in [1.82, 2.24) is 9.38 Å². The predicted octanol–water partition coefficient (Wildman–Crippen LogP) is 2.54. The zero-order valence-corrected chi connectivity index (χ0v) is 14.5. The van der Waals surface area contributed by atoms with Gasteiger partial charge in [-0.15, -0.1) is 11.3 Å². The van der Waals surface area contributed by atoms with E-state index in [-0.39, 0.29) is 23.5 Å². The molecule has 0 fully saturated rings. The Bertz CT molecular complexity index is 1080. The van der Waals surface area contributed by atoms with Crippen LogP contribution in [0.1, 0.15) is 32.2 Å². The lowest BCUT2D eigenvalue weighted by Gasteiger charge is -2.09. The Hall–Kier alpha value is -2.68. The summed E-state index contributed by atoms with van der Waals surface area (Å²) in [4.78, 5) is 29.1. The quantitative estimate of drug-likeness (QED) is 0.738. The van der Waals surface area contributed by atoms with E-state index in [1.165, 1.54) is 6.07 Å². The van der Waals surface area contributed by atoms with Gasteiger partial charge in [-0.25, -0.2) is 18.2 Å². The van der Waals surface area contributed by atoms with Crippen molar-refractivity contribution in [3.63, 3.8) is 0 Å². The minimum absolute atomic E-state index is 0.0289. The van der Waals surface area contributed by atoms with Crippen LogP contribution in [0.4, 0.5) is 13.2 Å². The number of carbonyl (C=O) groups excluding carboxylic acids is 1. The lowest BCUT2D eigenvalue weighted by atomic mass is 10.00. The molecule has 1 amide bonds. The topological polar surface area (TPSA) is 77.5 Å². The molecule has 1 aromatic carbocycles. The van der Waals surface area contributed by atoms with Crippen LogP contribution in [0.2, 0.25) is 0 Å². The zero-order valence-electron chi connectivity index (χ0n) is 13.7. The van der Waals surface area contributed by atoms with E-state index < -0.39 is 29.8 Å². The number of nitrogens with two attached hydrogens (primary N) is 1.